The molecule has 0 aromatic rings. The first kappa shape index (κ1) is 17.4. The van der Waals surface area contributed by atoms with E-state index < -0.39 is 15.9 Å². The summed E-state index contributed by atoms with van der Waals surface area (Å²) < 4.78 is 22.3. The zero-order chi connectivity index (χ0) is 15.3. The summed E-state index contributed by atoms with van der Waals surface area (Å²) in [6.45, 7) is 4.58. The summed E-state index contributed by atoms with van der Waals surface area (Å²) >= 11 is 0. The van der Waals surface area contributed by atoms with Crippen LogP contribution >= 0.6 is 0 Å². The maximum atomic E-state index is 12.4. The third-order valence-corrected chi connectivity index (χ3v) is 4.75. The maximum Gasteiger partial charge on any atom is 0.239 e. The van der Waals surface area contributed by atoms with Crippen LogP contribution in [0.15, 0.2) is 0 Å². The topological polar surface area (TPSA) is 83.7 Å². The van der Waals surface area contributed by atoms with Gasteiger partial charge in [-0.25, -0.2) is 8.42 Å². The fourth-order valence-corrected chi connectivity index (χ4v) is 3.24. The lowest BCUT2D eigenvalue weighted by molar-refractivity contribution is -0.134. The van der Waals surface area contributed by atoms with Gasteiger partial charge in [0.25, 0.3) is 0 Å². The third kappa shape index (κ3) is 5.38. The van der Waals surface area contributed by atoms with Gasteiger partial charge < -0.3 is 15.5 Å². The minimum Gasteiger partial charge on any atom is -0.337 e. The predicted molar refractivity (Wildman–Crippen MR) is 80.2 cm³/mol. The van der Waals surface area contributed by atoms with Crippen LogP contribution in [0.3, 0.4) is 0 Å². The highest BCUT2D eigenvalue weighted by Crippen LogP contribution is 2.14. The molecule has 1 amide bonds. The molecule has 1 aliphatic rings. The van der Waals surface area contributed by atoms with E-state index in [0.29, 0.717) is 6.54 Å². The van der Waals surface area contributed by atoms with Crippen LogP contribution in [0, 0.1) is 0 Å². The second-order valence-electron chi connectivity index (χ2n) is 5.73. The van der Waals surface area contributed by atoms with E-state index in [-0.39, 0.29) is 24.1 Å². The Balaban J connectivity index is 2.67. The van der Waals surface area contributed by atoms with Gasteiger partial charge in [-0.05, 0) is 32.9 Å². The summed E-state index contributed by atoms with van der Waals surface area (Å²) in [6, 6.07) is -0.554. The molecule has 0 spiro atoms. The van der Waals surface area contributed by atoms with Crippen molar-refractivity contribution in [1.82, 2.24) is 9.80 Å². The first-order valence-corrected chi connectivity index (χ1v) is 9.23. The first-order valence-electron chi connectivity index (χ1n) is 7.17. The zero-order valence-electron chi connectivity index (χ0n) is 12.7. The van der Waals surface area contributed by atoms with Gasteiger partial charge in [-0.3, -0.25) is 4.79 Å². The number of carbonyl (C=O) groups excluding carboxylic acids is 1. The van der Waals surface area contributed by atoms with Crippen molar-refractivity contribution in [3.05, 3.63) is 0 Å². The normalized spacial score (nSPS) is 23.4. The van der Waals surface area contributed by atoms with Crippen LogP contribution in [0.4, 0.5) is 0 Å². The summed E-state index contributed by atoms with van der Waals surface area (Å²) in [6.07, 6.45) is 3.17. The minimum atomic E-state index is -3.08. The van der Waals surface area contributed by atoms with E-state index in [9.17, 15) is 13.2 Å². The number of hydrogen-bond donors (Lipinski definition) is 1. The SMILES string of the molecule is CCC1CN(C)CCCN1C(=O)C(N)CCS(C)(=O)=O. The second-order valence-corrected chi connectivity index (χ2v) is 7.99. The number of nitrogens with two attached hydrogens (primary N) is 1. The van der Waals surface area contributed by atoms with E-state index in [2.05, 4.69) is 18.9 Å². The Kier molecular flexibility index (Phi) is 6.42. The number of carbonyl (C=O) groups is 1. The molecule has 0 bridgehead atoms. The molecule has 0 saturated carbocycles. The van der Waals surface area contributed by atoms with Gasteiger partial charge >= 0.3 is 0 Å². The van der Waals surface area contributed by atoms with Gasteiger partial charge in [0.15, 0.2) is 0 Å². The quantitative estimate of drug-likeness (QED) is 0.753. The van der Waals surface area contributed by atoms with Crippen LogP contribution in [0.1, 0.15) is 26.2 Å². The van der Waals surface area contributed by atoms with Crippen LogP contribution in [-0.4, -0.2) is 74.9 Å². The predicted octanol–water partition coefficient (Wildman–Crippen LogP) is -0.309. The van der Waals surface area contributed by atoms with Gasteiger partial charge in [0, 0.05) is 25.4 Å². The van der Waals surface area contributed by atoms with Gasteiger partial charge in [0.1, 0.15) is 9.84 Å². The Morgan fingerprint density at radius 2 is 2.05 bits per heavy atom. The molecule has 0 aromatic heterocycles. The van der Waals surface area contributed by atoms with E-state index in [1.165, 1.54) is 6.26 Å². The second kappa shape index (κ2) is 7.38. The molecular weight excluding hydrogens is 278 g/mol. The summed E-state index contributed by atoms with van der Waals surface area (Å²) in [5.74, 6) is -0.152. The van der Waals surface area contributed by atoms with E-state index in [1.807, 2.05) is 4.90 Å². The Bertz CT molecular complexity index is 425. The number of rotatable bonds is 5. The lowest BCUT2D eigenvalue weighted by atomic mass is 10.1. The lowest BCUT2D eigenvalue weighted by Crippen LogP contribution is -2.50. The van der Waals surface area contributed by atoms with Gasteiger partial charge in [-0.15, -0.1) is 0 Å². The standard InChI is InChI=1S/C13H27N3O3S/c1-4-11-10-15(2)7-5-8-16(11)13(17)12(14)6-9-20(3,18)19/h11-12H,4-10,14H2,1-3H3. The maximum absolute atomic E-state index is 12.4. The molecule has 1 rings (SSSR count). The Hall–Kier alpha value is -0.660. The molecule has 0 aliphatic carbocycles. The molecule has 6 nitrogen and oxygen atoms in total. The van der Waals surface area contributed by atoms with Crippen LogP contribution in [0.2, 0.25) is 0 Å². The molecular formula is C13H27N3O3S. The van der Waals surface area contributed by atoms with Crippen molar-refractivity contribution >= 4 is 15.7 Å². The lowest BCUT2D eigenvalue weighted by Gasteiger charge is -2.32. The van der Waals surface area contributed by atoms with Crippen molar-refractivity contribution in [1.29, 1.82) is 0 Å². The van der Waals surface area contributed by atoms with Gasteiger partial charge in [0.2, 0.25) is 5.91 Å². The van der Waals surface area contributed by atoms with Gasteiger partial charge in [0.05, 0.1) is 11.8 Å². The van der Waals surface area contributed by atoms with Crippen molar-refractivity contribution in [2.24, 2.45) is 5.73 Å². The third-order valence-electron chi connectivity index (χ3n) is 3.77. The number of sulfone groups is 1. The average molecular weight is 305 g/mol. The first-order chi connectivity index (χ1) is 9.24. The van der Waals surface area contributed by atoms with Crippen LogP contribution in [0.25, 0.3) is 0 Å². The summed E-state index contributed by atoms with van der Waals surface area (Å²) in [7, 11) is -1.02. The Labute approximate surface area is 122 Å². The van der Waals surface area contributed by atoms with Crippen molar-refractivity contribution < 1.29 is 13.2 Å². The van der Waals surface area contributed by atoms with Crippen LogP contribution in [0.5, 0.6) is 0 Å². The molecule has 1 heterocycles. The molecule has 118 valence electrons. The Morgan fingerprint density at radius 3 is 2.60 bits per heavy atom. The van der Waals surface area contributed by atoms with Crippen LogP contribution < -0.4 is 5.73 Å². The minimum absolute atomic E-state index is 0.0373. The highest BCUT2D eigenvalue weighted by Gasteiger charge is 2.29. The monoisotopic (exact) mass is 305 g/mol. The molecule has 20 heavy (non-hydrogen) atoms. The number of hydrogen-bond acceptors (Lipinski definition) is 5. The molecule has 1 fully saturated rings. The molecule has 2 unspecified atom stereocenters. The van der Waals surface area contributed by atoms with E-state index in [0.717, 1.165) is 25.9 Å². The zero-order valence-corrected chi connectivity index (χ0v) is 13.5. The summed E-state index contributed by atoms with van der Waals surface area (Å²) in [4.78, 5) is 16.5. The molecule has 1 aliphatic heterocycles. The van der Waals surface area contributed by atoms with E-state index in [4.69, 9.17) is 5.73 Å². The number of nitrogens with zero attached hydrogens (tertiary/aromatic N) is 2. The van der Waals surface area contributed by atoms with Crippen molar-refractivity contribution in [3.8, 4) is 0 Å². The van der Waals surface area contributed by atoms with Gasteiger partial charge in [-0.1, -0.05) is 6.92 Å². The molecule has 1 saturated heterocycles. The summed E-state index contributed by atoms with van der Waals surface area (Å²) in [5, 5.41) is 0. The molecule has 7 heteroatoms. The fraction of sp³-hybridized carbons (Fsp3) is 0.923. The van der Waals surface area contributed by atoms with Crippen molar-refractivity contribution in [2.75, 3.05) is 38.7 Å². The largest absolute Gasteiger partial charge is 0.337 e. The number of amides is 1. The number of likely N-dealkylation sites (N-methyl/N-ethyl adjacent to an activating group) is 1. The Morgan fingerprint density at radius 1 is 1.40 bits per heavy atom. The molecule has 0 radical (unpaired) electrons. The highest BCUT2D eigenvalue weighted by molar-refractivity contribution is 7.90. The molecule has 0 aromatic carbocycles. The molecule has 2 atom stereocenters. The van der Waals surface area contributed by atoms with Crippen molar-refractivity contribution in [2.45, 2.75) is 38.3 Å². The van der Waals surface area contributed by atoms with Gasteiger partial charge in [-0.2, -0.15) is 0 Å². The average Bonchev–Trinajstić information content (AvgIpc) is 2.55. The van der Waals surface area contributed by atoms with E-state index in [1.54, 1.807) is 0 Å². The molecule has 2 N–H and O–H groups in total. The summed E-state index contributed by atoms with van der Waals surface area (Å²) in [5.41, 5.74) is 5.89. The smallest absolute Gasteiger partial charge is 0.239 e. The highest BCUT2D eigenvalue weighted by atomic mass is 32.2. The fourth-order valence-electron chi connectivity index (χ4n) is 2.56. The van der Waals surface area contributed by atoms with Crippen molar-refractivity contribution in [3.63, 3.8) is 0 Å². The van der Waals surface area contributed by atoms with E-state index >= 15 is 0 Å². The van der Waals surface area contributed by atoms with Crippen LogP contribution in [-0.2, 0) is 14.6 Å².